The van der Waals surface area contributed by atoms with Gasteiger partial charge in [0.25, 0.3) is 0 Å². The summed E-state index contributed by atoms with van der Waals surface area (Å²) in [7, 11) is 0. The average molecular weight is 343 g/mol. The molecule has 5 heteroatoms. The first kappa shape index (κ1) is 14.5. The fourth-order valence-electron chi connectivity index (χ4n) is 1.93. The van der Waals surface area contributed by atoms with Crippen LogP contribution in [0.15, 0.2) is 22.7 Å². The number of anilines is 1. The lowest BCUT2D eigenvalue weighted by Crippen LogP contribution is -2.14. The molecule has 2 aromatic rings. The average Bonchev–Trinajstić information content (AvgIpc) is 2.65. The van der Waals surface area contributed by atoms with Crippen LogP contribution in [0.5, 0.6) is 0 Å². The molecule has 2 rings (SSSR count). The number of hydrogen-bond acceptors (Lipinski definition) is 3. The Morgan fingerprint density at radius 3 is 2.68 bits per heavy atom. The van der Waals surface area contributed by atoms with Gasteiger partial charge in [-0.25, -0.2) is 9.37 Å². The maximum Gasteiger partial charge on any atom is 0.180 e. The SMILES string of the molecule is CC(C)(C)c1nc(N)sc1Cc1cc(Br)ccc1F. The largest absolute Gasteiger partial charge is 0.375 e. The third-order valence-corrected chi connectivity index (χ3v) is 4.16. The van der Waals surface area contributed by atoms with Gasteiger partial charge in [0.15, 0.2) is 5.13 Å². The second-order valence-corrected chi connectivity index (χ2v) is 7.52. The molecule has 0 fully saturated rings. The molecule has 0 bridgehead atoms. The Labute approximate surface area is 125 Å². The lowest BCUT2D eigenvalue weighted by Gasteiger charge is -2.17. The van der Waals surface area contributed by atoms with Gasteiger partial charge in [-0.3, -0.25) is 0 Å². The number of benzene rings is 1. The molecule has 1 aromatic heterocycles. The number of nitrogens with two attached hydrogens (primary N) is 1. The minimum atomic E-state index is -0.199. The first-order valence-electron chi connectivity index (χ1n) is 5.97. The van der Waals surface area contributed by atoms with Crippen LogP contribution in [0.2, 0.25) is 0 Å². The fraction of sp³-hybridized carbons (Fsp3) is 0.357. The highest BCUT2D eigenvalue weighted by Gasteiger charge is 2.23. The van der Waals surface area contributed by atoms with Crippen molar-refractivity contribution in [3.8, 4) is 0 Å². The van der Waals surface area contributed by atoms with E-state index in [0.29, 0.717) is 17.1 Å². The van der Waals surface area contributed by atoms with Crippen LogP contribution in [0, 0.1) is 5.82 Å². The Hall–Kier alpha value is -0.940. The van der Waals surface area contributed by atoms with Gasteiger partial charge in [0.05, 0.1) is 5.69 Å². The molecule has 0 spiro atoms. The number of nitrogens with zero attached hydrogens (tertiary/aromatic N) is 1. The Kier molecular flexibility index (Phi) is 3.97. The van der Waals surface area contributed by atoms with Crippen molar-refractivity contribution in [3.05, 3.63) is 44.6 Å². The van der Waals surface area contributed by atoms with E-state index in [-0.39, 0.29) is 11.2 Å². The summed E-state index contributed by atoms with van der Waals surface area (Å²) in [5, 5.41) is 0.537. The van der Waals surface area contributed by atoms with Crippen molar-refractivity contribution in [1.82, 2.24) is 4.98 Å². The number of nitrogen functional groups attached to an aromatic ring is 1. The molecule has 2 N–H and O–H groups in total. The molecule has 0 saturated carbocycles. The molecule has 0 aliphatic rings. The van der Waals surface area contributed by atoms with Gasteiger partial charge >= 0.3 is 0 Å². The summed E-state index contributed by atoms with van der Waals surface area (Å²) in [5.41, 5.74) is 7.32. The summed E-state index contributed by atoms with van der Waals surface area (Å²) < 4.78 is 14.7. The molecule has 0 aliphatic carbocycles. The Morgan fingerprint density at radius 2 is 2.05 bits per heavy atom. The van der Waals surface area contributed by atoms with E-state index >= 15 is 0 Å². The molecule has 2 nitrogen and oxygen atoms in total. The second-order valence-electron chi connectivity index (χ2n) is 5.49. The van der Waals surface area contributed by atoms with Crippen molar-refractivity contribution in [3.63, 3.8) is 0 Å². The van der Waals surface area contributed by atoms with E-state index in [4.69, 9.17) is 5.73 Å². The Morgan fingerprint density at radius 1 is 1.37 bits per heavy atom. The lowest BCUT2D eigenvalue weighted by atomic mass is 9.90. The number of hydrogen-bond donors (Lipinski definition) is 1. The van der Waals surface area contributed by atoms with Crippen molar-refractivity contribution in [2.75, 3.05) is 5.73 Å². The standard InChI is InChI=1S/C14H16BrFN2S/c1-14(2,3)12-11(19-13(17)18-12)7-8-6-9(15)4-5-10(8)16/h4-6H,7H2,1-3H3,(H2,17,18). The van der Waals surface area contributed by atoms with Gasteiger partial charge in [-0.15, -0.1) is 11.3 Å². The quantitative estimate of drug-likeness (QED) is 0.871. The van der Waals surface area contributed by atoms with Crippen LogP contribution in [-0.4, -0.2) is 4.98 Å². The van der Waals surface area contributed by atoms with Crippen LogP contribution in [0.25, 0.3) is 0 Å². The van der Waals surface area contributed by atoms with Crippen molar-refractivity contribution in [2.45, 2.75) is 32.6 Å². The van der Waals surface area contributed by atoms with Gasteiger partial charge < -0.3 is 5.73 Å². The van der Waals surface area contributed by atoms with Crippen LogP contribution < -0.4 is 5.73 Å². The van der Waals surface area contributed by atoms with Crippen LogP contribution >= 0.6 is 27.3 Å². The lowest BCUT2D eigenvalue weighted by molar-refractivity contribution is 0.566. The summed E-state index contributed by atoms with van der Waals surface area (Å²) in [6.45, 7) is 6.26. The molecule has 102 valence electrons. The molecule has 0 aliphatic heterocycles. The topological polar surface area (TPSA) is 38.9 Å². The number of thiazole rings is 1. The molecule has 0 amide bonds. The van der Waals surface area contributed by atoms with E-state index in [0.717, 1.165) is 15.0 Å². The maximum atomic E-state index is 13.8. The zero-order valence-corrected chi connectivity index (χ0v) is 13.5. The monoisotopic (exact) mass is 342 g/mol. The Balaban J connectivity index is 2.41. The third-order valence-electron chi connectivity index (χ3n) is 2.78. The summed E-state index contributed by atoms with van der Waals surface area (Å²) in [4.78, 5) is 5.42. The summed E-state index contributed by atoms with van der Waals surface area (Å²) in [5.74, 6) is -0.199. The zero-order valence-electron chi connectivity index (χ0n) is 11.1. The van der Waals surface area contributed by atoms with E-state index in [1.165, 1.54) is 17.4 Å². The minimum Gasteiger partial charge on any atom is -0.375 e. The summed E-state index contributed by atoms with van der Waals surface area (Å²) >= 11 is 4.80. The highest BCUT2D eigenvalue weighted by atomic mass is 79.9. The van der Waals surface area contributed by atoms with Gasteiger partial charge in [0.1, 0.15) is 5.82 Å². The molecule has 0 saturated heterocycles. The number of aromatic nitrogens is 1. The predicted molar refractivity (Wildman–Crippen MR) is 82.1 cm³/mol. The Bertz CT molecular complexity index is 602. The predicted octanol–water partition coefficient (Wildman–Crippen LogP) is 4.52. The summed E-state index contributed by atoms with van der Waals surface area (Å²) in [6.07, 6.45) is 0.521. The minimum absolute atomic E-state index is 0.0913. The smallest absolute Gasteiger partial charge is 0.180 e. The molecule has 0 unspecified atom stereocenters. The van der Waals surface area contributed by atoms with Crippen LogP contribution in [-0.2, 0) is 11.8 Å². The van der Waals surface area contributed by atoms with Crippen molar-refractivity contribution in [2.24, 2.45) is 0 Å². The van der Waals surface area contributed by atoms with E-state index < -0.39 is 0 Å². The van der Waals surface area contributed by atoms with Gasteiger partial charge in [0.2, 0.25) is 0 Å². The summed E-state index contributed by atoms with van der Waals surface area (Å²) in [6, 6.07) is 4.97. The van der Waals surface area contributed by atoms with Crippen LogP contribution in [0.3, 0.4) is 0 Å². The number of rotatable bonds is 2. The molecule has 0 atom stereocenters. The van der Waals surface area contributed by atoms with Gasteiger partial charge in [-0.1, -0.05) is 36.7 Å². The molecule has 1 aromatic carbocycles. The molecule has 1 heterocycles. The normalized spacial score (nSPS) is 11.8. The van der Waals surface area contributed by atoms with Gasteiger partial charge in [0, 0.05) is 21.2 Å². The maximum absolute atomic E-state index is 13.8. The van der Waals surface area contributed by atoms with E-state index in [2.05, 4.69) is 41.7 Å². The molecular weight excluding hydrogens is 327 g/mol. The number of halogens is 2. The van der Waals surface area contributed by atoms with E-state index in [9.17, 15) is 4.39 Å². The van der Waals surface area contributed by atoms with E-state index in [1.807, 2.05) is 0 Å². The highest BCUT2D eigenvalue weighted by molar-refractivity contribution is 9.10. The fourth-order valence-corrected chi connectivity index (χ4v) is 3.40. The first-order chi connectivity index (χ1) is 8.77. The van der Waals surface area contributed by atoms with Crippen molar-refractivity contribution in [1.29, 1.82) is 0 Å². The van der Waals surface area contributed by atoms with Gasteiger partial charge in [-0.2, -0.15) is 0 Å². The van der Waals surface area contributed by atoms with Gasteiger partial charge in [-0.05, 0) is 23.8 Å². The van der Waals surface area contributed by atoms with Crippen LogP contribution in [0.4, 0.5) is 9.52 Å². The first-order valence-corrected chi connectivity index (χ1v) is 7.58. The second kappa shape index (κ2) is 5.21. The third kappa shape index (κ3) is 3.34. The van der Waals surface area contributed by atoms with Crippen LogP contribution in [0.1, 0.15) is 36.9 Å². The molecule has 19 heavy (non-hydrogen) atoms. The van der Waals surface area contributed by atoms with Crippen molar-refractivity contribution >= 4 is 32.4 Å². The molecule has 0 radical (unpaired) electrons. The zero-order chi connectivity index (χ0) is 14.2. The van der Waals surface area contributed by atoms with E-state index in [1.54, 1.807) is 12.1 Å². The molecular formula is C14H16BrFN2S. The van der Waals surface area contributed by atoms with Crippen molar-refractivity contribution < 1.29 is 4.39 Å². The highest BCUT2D eigenvalue weighted by Crippen LogP contribution is 2.33.